The van der Waals surface area contributed by atoms with E-state index in [0.29, 0.717) is 5.95 Å². The number of aromatic nitrogens is 3. The third kappa shape index (κ3) is 3.96. The van der Waals surface area contributed by atoms with E-state index >= 15 is 0 Å². The third-order valence-corrected chi connectivity index (χ3v) is 9.72. The van der Waals surface area contributed by atoms with Gasteiger partial charge in [-0.1, -0.05) is 115 Å². The molecular weight excluding hydrogens is 555 g/mol. The molecule has 0 bridgehead atoms. The minimum Gasteiger partial charge on any atom is -0.278 e. The van der Waals surface area contributed by atoms with Gasteiger partial charge in [0.15, 0.2) is 0 Å². The lowest BCUT2D eigenvalue weighted by atomic mass is 10.00. The predicted molar refractivity (Wildman–Crippen MR) is 186 cm³/mol. The maximum Gasteiger partial charge on any atom is 0.235 e. The molecule has 3 aromatic heterocycles. The second-order valence-corrected chi connectivity index (χ2v) is 12.1. The van der Waals surface area contributed by atoms with Gasteiger partial charge in [-0.3, -0.25) is 4.57 Å². The first kappa shape index (κ1) is 25.0. The van der Waals surface area contributed by atoms with Crippen LogP contribution in [0.5, 0.6) is 0 Å². The Morgan fingerprint density at radius 3 is 2.14 bits per heavy atom. The van der Waals surface area contributed by atoms with Crippen LogP contribution < -0.4 is 0 Å². The Morgan fingerprint density at radius 2 is 1.20 bits per heavy atom. The summed E-state index contributed by atoms with van der Waals surface area (Å²) in [6.45, 7) is 0. The maximum absolute atomic E-state index is 5.17. The van der Waals surface area contributed by atoms with Crippen molar-refractivity contribution < 1.29 is 0 Å². The van der Waals surface area contributed by atoms with E-state index in [1.165, 1.54) is 53.2 Å². The Balaban J connectivity index is 1.20. The molecule has 0 spiro atoms. The second kappa shape index (κ2) is 10.0. The number of fused-ring (bicyclic) bond motifs is 6. The number of hydrogen-bond acceptors (Lipinski definition) is 3. The standard InChI is InChI=1S/C40H25N3S/c1-2-10-26(11-3-1)27-20-21-32-31-14-4-6-18-36(31)43(37(32)25-27)40-41-23-22-35(42-40)29-13-8-12-28(24-29)30-16-9-17-34-33-15-5-7-19-38(33)44-39(30)34/h1-25H. The molecule has 0 saturated heterocycles. The lowest BCUT2D eigenvalue weighted by molar-refractivity contribution is 0.992. The monoisotopic (exact) mass is 579 g/mol. The molecule has 0 saturated carbocycles. The molecule has 3 heterocycles. The van der Waals surface area contributed by atoms with Gasteiger partial charge in [0.05, 0.1) is 16.7 Å². The number of hydrogen-bond donors (Lipinski definition) is 0. The Kier molecular flexibility index (Phi) is 5.68. The summed E-state index contributed by atoms with van der Waals surface area (Å²) in [5, 5.41) is 4.99. The molecular formula is C40H25N3S. The zero-order chi connectivity index (χ0) is 29.0. The van der Waals surface area contributed by atoms with Gasteiger partial charge in [-0.25, -0.2) is 9.97 Å². The highest BCUT2D eigenvalue weighted by atomic mass is 32.1. The largest absolute Gasteiger partial charge is 0.278 e. The summed E-state index contributed by atoms with van der Waals surface area (Å²) in [5.74, 6) is 0.663. The van der Waals surface area contributed by atoms with E-state index in [-0.39, 0.29) is 0 Å². The average Bonchev–Trinajstić information content (AvgIpc) is 3.64. The van der Waals surface area contributed by atoms with Crippen LogP contribution in [0.2, 0.25) is 0 Å². The van der Waals surface area contributed by atoms with Crippen LogP contribution in [-0.4, -0.2) is 14.5 Å². The van der Waals surface area contributed by atoms with E-state index in [0.717, 1.165) is 22.3 Å². The molecule has 0 fully saturated rings. The Hall–Kier alpha value is -5.58. The molecule has 3 nitrogen and oxygen atoms in total. The van der Waals surface area contributed by atoms with E-state index in [1.807, 2.05) is 23.6 Å². The summed E-state index contributed by atoms with van der Waals surface area (Å²) < 4.78 is 4.82. The molecule has 0 radical (unpaired) electrons. The zero-order valence-electron chi connectivity index (χ0n) is 23.7. The van der Waals surface area contributed by atoms with E-state index in [4.69, 9.17) is 9.97 Å². The number of benzene rings is 6. The van der Waals surface area contributed by atoms with Gasteiger partial charge in [-0.05, 0) is 52.6 Å². The van der Waals surface area contributed by atoms with E-state index < -0.39 is 0 Å². The highest BCUT2D eigenvalue weighted by Gasteiger charge is 2.16. The second-order valence-electron chi connectivity index (χ2n) is 11.1. The summed E-state index contributed by atoms with van der Waals surface area (Å²) in [6, 6.07) is 51.7. The topological polar surface area (TPSA) is 30.7 Å². The van der Waals surface area contributed by atoms with Crippen molar-refractivity contribution in [3.63, 3.8) is 0 Å². The third-order valence-electron chi connectivity index (χ3n) is 8.50. The predicted octanol–water partition coefficient (Wildman–Crippen LogP) is 10.9. The summed E-state index contributed by atoms with van der Waals surface area (Å²) in [7, 11) is 0. The molecule has 0 aliphatic carbocycles. The molecule has 4 heteroatoms. The zero-order valence-corrected chi connectivity index (χ0v) is 24.5. The lowest BCUT2D eigenvalue weighted by Gasteiger charge is -2.10. The van der Waals surface area contributed by atoms with Gasteiger partial charge in [-0.15, -0.1) is 11.3 Å². The van der Waals surface area contributed by atoms with Crippen LogP contribution in [0.4, 0.5) is 0 Å². The van der Waals surface area contributed by atoms with Crippen molar-refractivity contribution in [2.24, 2.45) is 0 Å². The molecule has 0 amide bonds. The van der Waals surface area contributed by atoms with Crippen molar-refractivity contribution in [2.75, 3.05) is 0 Å². The average molecular weight is 580 g/mol. The summed E-state index contributed by atoms with van der Waals surface area (Å²) in [5.41, 5.74) is 8.93. The number of rotatable bonds is 4. The van der Waals surface area contributed by atoms with Crippen LogP contribution in [0.15, 0.2) is 152 Å². The molecule has 9 aromatic rings. The molecule has 6 aromatic carbocycles. The fourth-order valence-electron chi connectivity index (χ4n) is 6.43. The van der Waals surface area contributed by atoms with Crippen molar-refractivity contribution in [3.8, 4) is 39.5 Å². The van der Waals surface area contributed by atoms with Crippen molar-refractivity contribution in [1.82, 2.24) is 14.5 Å². The maximum atomic E-state index is 5.17. The number of thiophene rings is 1. The van der Waals surface area contributed by atoms with E-state index in [2.05, 4.69) is 144 Å². The van der Waals surface area contributed by atoms with Crippen molar-refractivity contribution in [2.45, 2.75) is 0 Å². The highest BCUT2D eigenvalue weighted by molar-refractivity contribution is 7.26. The van der Waals surface area contributed by atoms with E-state index in [1.54, 1.807) is 0 Å². The molecule has 0 N–H and O–H groups in total. The molecule has 0 atom stereocenters. The van der Waals surface area contributed by atoms with Crippen LogP contribution in [0.1, 0.15) is 0 Å². The van der Waals surface area contributed by atoms with Gasteiger partial charge < -0.3 is 0 Å². The van der Waals surface area contributed by atoms with E-state index in [9.17, 15) is 0 Å². The smallest absolute Gasteiger partial charge is 0.235 e. The minimum atomic E-state index is 0.663. The molecule has 206 valence electrons. The first-order valence-corrected chi connectivity index (χ1v) is 15.6. The summed E-state index contributed by atoms with van der Waals surface area (Å²) >= 11 is 1.86. The fraction of sp³-hybridized carbons (Fsp3) is 0. The summed E-state index contributed by atoms with van der Waals surface area (Å²) in [4.78, 5) is 9.98. The Morgan fingerprint density at radius 1 is 0.477 bits per heavy atom. The normalized spacial score (nSPS) is 11.6. The number of para-hydroxylation sites is 1. The van der Waals surface area contributed by atoms with Gasteiger partial charge in [0.25, 0.3) is 0 Å². The van der Waals surface area contributed by atoms with Crippen LogP contribution in [0, 0.1) is 0 Å². The van der Waals surface area contributed by atoms with Crippen LogP contribution >= 0.6 is 11.3 Å². The SMILES string of the molecule is c1ccc(-c2ccc3c4ccccc4n(-c4nccc(-c5cccc(-c6cccc7c6sc6ccccc67)c5)n4)c3c2)cc1. The summed E-state index contributed by atoms with van der Waals surface area (Å²) in [6.07, 6.45) is 1.87. The first-order valence-electron chi connectivity index (χ1n) is 14.7. The molecule has 0 unspecified atom stereocenters. The number of nitrogens with zero attached hydrogens (tertiary/aromatic N) is 3. The highest BCUT2D eigenvalue weighted by Crippen LogP contribution is 2.40. The molecule has 0 aliphatic rings. The van der Waals surface area contributed by atoms with Gasteiger partial charge in [0, 0.05) is 42.7 Å². The van der Waals surface area contributed by atoms with Gasteiger partial charge >= 0.3 is 0 Å². The lowest BCUT2D eigenvalue weighted by Crippen LogP contribution is -2.01. The quantitative estimate of drug-likeness (QED) is 0.208. The Labute approximate surface area is 258 Å². The van der Waals surface area contributed by atoms with Crippen molar-refractivity contribution in [1.29, 1.82) is 0 Å². The van der Waals surface area contributed by atoms with Crippen LogP contribution in [-0.2, 0) is 0 Å². The van der Waals surface area contributed by atoms with Crippen LogP contribution in [0.3, 0.4) is 0 Å². The fourth-order valence-corrected chi connectivity index (χ4v) is 7.67. The van der Waals surface area contributed by atoms with Crippen molar-refractivity contribution in [3.05, 3.63) is 152 Å². The van der Waals surface area contributed by atoms with Crippen molar-refractivity contribution >= 4 is 53.3 Å². The molecule has 44 heavy (non-hydrogen) atoms. The van der Waals surface area contributed by atoms with Gasteiger partial charge in [0.1, 0.15) is 0 Å². The molecule has 9 rings (SSSR count). The van der Waals surface area contributed by atoms with Gasteiger partial charge in [-0.2, -0.15) is 0 Å². The first-order chi connectivity index (χ1) is 21.8. The minimum absolute atomic E-state index is 0.663. The Bertz CT molecular complexity index is 2510. The van der Waals surface area contributed by atoms with Crippen LogP contribution in [0.25, 0.3) is 81.4 Å². The molecule has 0 aliphatic heterocycles. The van der Waals surface area contributed by atoms with Gasteiger partial charge in [0.2, 0.25) is 5.95 Å².